The highest BCUT2D eigenvalue weighted by Crippen LogP contribution is 2.29. The summed E-state index contributed by atoms with van der Waals surface area (Å²) in [5, 5.41) is 10.2. The molecule has 0 bridgehead atoms. The molecule has 0 saturated carbocycles. The van der Waals surface area contributed by atoms with Crippen molar-refractivity contribution in [1.82, 2.24) is 5.32 Å². The van der Waals surface area contributed by atoms with Gasteiger partial charge in [-0.2, -0.15) is 0 Å². The molecule has 1 heterocycles. The van der Waals surface area contributed by atoms with Gasteiger partial charge in [-0.3, -0.25) is 14.4 Å². The van der Waals surface area contributed by atoms with E-state index < -0.39 is 5.91 Å². The molecule has 0 aliphatic rings. The Morgan fingerprint density at radius 1 is 0.897 bits per heavy atom. The Kier molecular flexibility index (Phi) is 10.3. The summed E-state index contributed by atoms with van der Waals surface area (Å²) in [5.41, 5.74) is 1.90. The molecule has 0 fully saturated rings. The van der Waals surface area contributed by atoms with Gasteiger partial charge < -0.3 is 16.0 Å². The molecule has 0 aliphatic carbocycles. The molecule has 6 nitrogen and oxygen atoms in total. The Balaban J connectivity index is 1.46. The minimum Gasteiger partial charge on any atom is -0.325 e. The largest absolute Gasteiger partial charge is 0.325 e. The number of hydrogen-bond donors (Lipinski definition) is 3. The quantitative estimate of drug-likeness (QED) is 0.0944. The van der Waals surface area contributed by atoms with Crippen LogP contribution < -0.4 is 16.0 Å². The van der Waals surface area contributed by atoms with Crippen LogP contribution in [0.2, 0.25) is 0 Å². The number of anilines is 2. The lowest BCUT2D eigenvalue weighted by atomic mass is 10.2. The van der Waals surface area contributed by atoms with Gasteiger partial charge in [-0.25, -0.2) is 0 Å². The molecule has 39 heavy (non-hydrogen) atoms. The summed E-state index contributed by atoms with van der Waals surface area (Å²) >= 11 is 5.12. The predicted octanol–water partition coefficient (Wildman–Crippen LogP) is 7.27. The van der Waals surface area contributed by atoms with Crippen LogP contribution in [0, 0.1) is 3.57 Å². The van der Waals surface area contributed by atoms with E-state index in [0.29, 0.717) is 17.7 Å². The van der Waals surface area contributed by atoms with E-state index in [-0.39, 0.29) is 22.8 Å². The highest BCUT2D eigenvalue weighted by atomic mass is 127. The van der Waals surface area contributed by atoms with Gasteiger partial charge in [0.25, 0.3) is 11.8 Å². The molecule has 0 saturated heterocycles. The van der Waals surface area contributed by atoms with Crippen LogP contribution in [0.3, 0.4) is 0 Å². The summed E-state index contributed by atoms with van der Waals surface area (Å²) < 4.78 is 1.10. The molecule has 3 aromatic carbocycles. The Labute approximate surface area is 249 Å². The second-order valence-corrected chi connectivity index (χ2v) is 11.9. The number of carbonyl (C=O) groups is 3. The van der Waals surface area contributed by atoms with Gasteiger partial charge in [-0.05, 0) is 101 Å². The molecule has 4 rings (SSSR count). The van der Waals surface area contributed by atoms with Gasteiger partial charge in [0.05, 0.1) is 5.25 Å². The van der Waals surface area contributed by atoms with Gasteiger partial charge in [0.15, 0.2) is 0 Å². The molecule has 0 aliphatic heterocycles. The van der Waals surface area contributed by atoms with Crippen molar-refractivity contribution in [1.29, 1.82) is 0 Å². The zero-order valence-corrected chi connectivity index (χ0v) is 24.8. The van der Waals surface area contributed by atoms with E-state index in [1.807, 2.05) is 73.0 Å². The summed E-state index contributed by atoms with van der Waals surface area (Å²) in [6.07, 6.45) is 2.29. The van der Waals surface area contributed by atoms with Gasteiger partial charge in [-0.1, -0.05) is 37.3 Å². The molecule has 3 amide bonds. The number of halogens is 1. The monoisotopic (exact) mass is 667 g/mol. The molecule has 1 unspecified atom stereocenters. The lowest BCUT2D eigenvalue weighted by Gasteiger charge is -2.16. The number of thioether (sulfide) groups is 1. The average Bonchev–Trinajstić information content (AvgIpc) is 3.46. The first-order valence-electron chi connectivity index (χ1n) is 12.2. The summed E-state index contributed by atoms with van der Waals surface area (Å²) in [5.74, 6) is -0.899. The van der Waals surface area contributed by atoms with Crippen molar-refractivity contribution >= 4 is 80.9 Å². The Bertz CT molecular complexity index is 1460. The van der Waals surface area contributed by atoms with Crippen molar-refractivity contribution in [3.63, 3.8) is 0 Å². The number of rotatable bonds is 10. The first-order valence-corrected chi connectivity index (χ1v) is 15.0. The predicted molar refractivity (Wildman–Crippen MR) is 169 cm³/mol. The van der Waals surface area contributed by atoms with E-state index in [4.69, 9.17) is 0 Å². The van der Waals surface area contributed by atoms with Crippen LogP contribution in [0.4, 0.5) is 11.4 Å². The van der Waals surface area contributed by atoms with Crippen LogP contribution >= 0.6 is 45.7 Å². The number of carbonyl (C=O) groups excluding carboxylic acids is 3. The Morgan fingerprint density at radius 3 is 2.36 bits per heavy atom. The maximum Gasteiger partial charge on any atom is 0.272 e. The third kappa shape index (κ3) is 8.54. The Morgan fingerprint density at radius 2 is 1.67 bits per heavy atom. The summed E-state index contributed by atoms with van der Waals surface area (Å²) in [6.45, 7) is 1.97. The Hall–Kier alpha value is -3.41. The van der Waals surface area contributed by atoms with Gasteiger partial charge in [-0.15, -0.1) is 23.1 Å². The first-order chi connectivity index (χ1) is 18.9. The molecule has 9 heteroatoms. The third-order valence-electron chi connectivity index (χ3n) is 5.50. The SMILES string of the molecule is CCC(Sc1cccc(NC(=O)/C(=C/c2cccs2)NC(=O)c2ccccc2)c1)C(=O)Nc1ccc(I)cc1. The smallest absolute Gasteiger partial charge is 0.272 e. The van der Waals surface area contributed by atoms with Crippen molar-refractivity contribution in [2.45, 2.75) is 23.5 Å². The molecule has 4 aromatic rings. The molecule has 0 radical (unpaired) electrons. The van der Waals surface area contributed by atoms with E-state index in [0.717, 1.165) is 19.0 Å². The fraction of sp³-hybridized carbons (Fsp3) is 0.100. The van der Waals surface area contributed by atoms with E-state index in [1.54, 1.807) is 36.4 Å². The third-order valence-corrected chi connectivity index (χ3v) is 8.40. The molecule has 1 atom stereocenters. The second kappa shape index (κ2) is 14.1. The topological polar surface area (TPSA) is 87.3 Å². The number of thiophene rings is 1. The van der Waals surface area contributed by atoms with Crippen LogP contribution in [0.25, 0.3) is 6.08 Å². The molecular formula is C30H26IN3O3S2. The molecule has 198 valence electrons. The second-order valence-electron chi connectivity index (χ2n) is 8.39. The summed E-state index contributed by atoms with van der Waals surface area (Å²) in [4.78, 5) is 40.6. The minimum atomic E-state index is -0.446. The van der Waals surface area contributed by atoms with Crippen molar-refractivity contribution in [2.24, 2.45) is 0 Å². The van der Waals surface area contributed by atoms with Crippen molar-refractivity contribution in [3.05, 3.63) is 116 Å². The van der Waals surface area contributed by atoms with E-state index in [2.05, 4.69) is 38.5 Å². The zero-order chi connectivity index (χ0) is 27.6. The summed E-state index contributed by atoms with van der Waals surface area (Å²) in [6, 6.07) is 27.5. The minimum absolute atomic E-state index is 0.0806. The van der Waals surface area contributed by atoms with Crippen LogP contribution in [-0.4, -0.2) is 23.0 Å². The maximum absolute atomic E-state index is 13.3. The van der Waals surface area contributed by atoms with Gasteiger partial charge in [0, 0.05) is 30.3 Å². The van der Waals surface area contributed by atoms with Gasteiger partial charge in [0.2, 0.25) is 5.91 Å². The van der Waals surface area contributed by atoms with Crippen LogP contribution in [-0.2, 0) is 9.59 Å². The molecule has 0 spiro atoms. The molecule has 3 N–H and O–H groups in total. The highest BCUT2D eigenvalue weighted by molar-refractivity contribution is 14.1. The average molecular weight is 668 g/mol. The fourth-order valence-corrected chi connectivity index (χ4v) is 5.58. The van der Waals surface area contributed by atoms with Crippen LogP contribution in [0.5, 0.6) is 0 Å². The standard InChI is InChI=1S/C30H26IN3O3S2/c1-2-27(30(37)32-22-15-13-21(31)14-16-22)39-25-11-6-10-23(18-25)33-29(36)26(19-24-12-7-17-38-24)34-28(35)20-8-4-3-5-9-20/h3-19,27H,2H2,1H3,(H,32,37)(H,33,36)(H,34,35)/b26-19-. The molecule has 1 aromatic heterocycles. The van der Waals surface area contributed by atoms with Gasteiger partial charge >= 0.3 is 0 Å². The molecular weight excluding hydrogens is 641 g/mol. The number of amides is 3. The highest BCUT2D eigenvalue weighted by Gasteiger charge is 2.19. The zero-order valence-electron chi connectivity index (χ0n) is 21.0. The van der Waals surface area contributed by atoms with Crippen molar-refractivity contribution in [2.75, 3.05) is 10.6 Å². The van der Waals surface area contributed by atoms with E-state index >= 15 is 0 Å². The number of nitrogens with one attached hydrogen (secondary N) is 3. The van der Waals surface area contributed by atoms with Crippen molar-refractivity contribution in [3.8, 4) is 0 Å². The fourth-order valence-electron chi connectivity index (χ4n) is 3.55. The van der Waals surface area contributed by atoms with Crippen molar-refractivity contribution < 1.29 is 14.4 Å². The lowest BCUT2D eigenvalue weighted by molar-refractivity contribution is -0.116. The van der Waals surface area contributed by atoms with Crippen LogP contribution in [0.1, 0.15) is 28.6 Å². The van der Waals surface area contributed by atoms with E-state index in [9.17, 15) is 14.4 Å². The first kappa shape index (κ1) is 28.6. The summed E-state index contributed by atoms with van der Waals surface area (Å²) in [7, 11) is 0. The van der Waals surface area contributed by atoms with Gasteiger partial charge in [0.1, 0.15) is 5.70 Å². The number of benzene rings is 3. The number of hydrogen-bond acceptors (Lipinski definition) is 5. The lowest BCUT2D eigenvalue weighted by Crippen LogP contribution is -2.30. The normalized spacial score (nSPS) is 11.9. The van der Waals surface area contributed by atoms with E-state index in [1.165, 1.54) is 23.1 Å². The maximum atomic E-state index is 13.3. The van der Waals surface area contributed by atoms with Crippen LogP contribution in [0.15, 0.2) is 107 Å².